The van der Waals surface area contributed by atoms with Crippen LogP contribution in [-0.4, -0.2) is 38.5 Å². The van der Waals surface area contributed by atoms with Gasteiger partial charge in [0.1, 0.15) is 0 Å². The predicted molar refractivity (Wildman–Crippen MR) is 107 cm³/mol. The summed E-state index contributed by atoms with van der Waals surface area (Å²) in [5.41, 5.74) is 2.22. The maximum Gasteiger partial charge on any atom is 0.225 e. The number of amides is 1. The van der Waals surface area contributed by atoms with Gasteiger partial charge in [0.25, 0.3) is 0 Å². The Morgan fingerprint density at radius 2 is 1.87 bits per heavy atom. The topological polar surface area (TPSA) is 56.7 Å². The predicted octanol–water partition coefficient (Wildman–Crippen LogP) is 2.40. The molecule has 0 aliphatic carbocycles. The number of fused-ring (bicyclic) bond motifs is 1. The normalized spacial score (nSPS) is 14.1. The van der Waals surface area contributed by atoms with E-state index in [4.69, 9.17) is 0 Å². The number of benzene rings is 1. The van der Waals surface area contributed by atoms with Gasteiger partial charge in [-0.1, -0.05) is 39.0 Å². The van der Waals surface area contributed by atoms with Crippen LogP contribution in [0.5, 0.6) is 0 Å². The number of carbonyl (C=O) groups excluding carboxylic acids is 1. The van der Waals surface area contributed by atoms with Gasteiger partial charge in [-0.2, -0.15) is 0 Å². The summed E-state index contributed by atoms with van der Waals surface area (Å²) >= 11 is 0. The number of anilines is 1. The summed E-state index contributed by atoms with van der Waals surface area (Å²) in [4.78, 5) is 18.4. The number of nitrogens with one attached hydrogen (secondary N) is 2. The number of halogens is 1. The molecule has 0 radical (unpaired) electrons. The van der Waals surface area contributed by atoms with Gasteiger partial charge in [0.15, 0.2) is 5.96 Å². The van der Waals surface area contributed by atoms with Gasteiger partial charge in [-0.25, -0.2) is 0 Å². The van der Waals surface area contributed by atoms with Crippen molar-refractivity contribution in [2.45, 2.75) is 27.2 Å². The van der Waals surface area contributed by atoms with E-state index in [1.54, 1.807) is 7.05 Å². The van der Waals surface area contributed by atoms with E-state index in [-0.39, 0.29) is 35.3 Å². The van der Waals surface area contributed by atoms with Crippen LogP contribution in [0.3, 0.4) is 0 Å². The van der Waals surface area contributed by atoms with Crippen molar-refractivity contribution in [3.8, 4) is 0 Å². The summed E-state index contributed by atoms with van der Waals surface area (Å²) in [5, 5.41) is 6.26. The third kappa shape index (κ3) is 5.09. The Bertz CT molecular complexity index is 566. The smallest absolute Gasteiger partial charge is 0.225 e. The van der Waals surface area contributed by atoms with Crippen LogP contribution in [0.4, 0.5) is 5.69 Å². The molecule has 1 aromatic carbocycles. The van der Waals surface area contributed by atoms with Crippen LogP contribution in [0.2, 0.25) is 0 Å². The first-order valence-corrected chi connectivity index (χ1v) is 7.78. The summed E-state index contributed by atoms with van der Waals surface area (Å²) in [6, 6.07) is 8.40. The maximum absolute atomic E-state index is 11.8. The molecule has 1 aliphatic heterocycles. The zero-order chi connectivity index (χ0) is 16.2. The highest BCUT2D eigenvalue weighted by Crippen LogP contribution is 2.27. The van der Waals surface area contributed by atoms with Crippen molar-refractivity contribution in [2.75, 3.05) is 31.6 Å². The molecular weight excluding hydrogens is 403 g/mol. The standard InChI is InChI=1S/C17H26N4O.HI/c1-17(2,3)15(22)19-10-11-20-16(18-4)21-12-9-13-7-5-6-8-14(13)21;/h5-8H,9-12H2,1-4H3,(H,18,20)(H,19,22);1H. The van der Waals surface area contributed by atoms with E-state index in [1.807, 2.05) is 26.8 Å². The molecule has 0 aromatic heterocycles. The molecule has 2 rings (SSSR count). The van der Waals surface area contributed by atoms with E-state index in [2.05, 4.69) is 38.7 Å². The summed E-state index contributed by atoms with van der Waals surface area (Å²) in [6.07, 6.45) is 1.04. The number of guanidine groups is 1. The number of rotatable bonds is 3. The van der Waals surface area contributed by atoms with Gasteiger partial charge >= 0.3 is 0 Å². The molecule has 0 saturated heterocycles. The summed E-state index contributed by atoms with van der Waals surface area (Å²) in [5.74, 6) is 0.922. The Hall–Kier alpha value is -1.31. The number of hydrogen-bond donors (Lipinski definition) is 2. The number of aliphatic imine (C=N–C) groups is 1. The van der Waals surface area contributed by atoms with Crippen LogP contribution < -0.4 is 15.5 Å². The second-order valence-electron chi connectivity index (χ2n) is 6.51. The molecule has 0 unspecified atom stereocenters. The molecular formula is C17H27IN4O. The van der Waals surface area contributed by atoms with Crippen LogP contribution in [-0.2, 0) is 11.2 Å². The fourth-order valence-corrected chi connectivity index (χ4v) is 2.47. The zero-order valence-corrected chi connectivity index (χ0v) is 16.7. The molecule has 1 aliphatic rings. The minimum Gasteiger partial charge on any atom is -0.354 e. The maximum atomic E-state index is 11.8. The first-order valence-electron chi connectivity index (χ1n) is 7.78. The largest absolute Gasteiger partial charge is 0.354 e. The number of hydrogen-bond acceptors (Lipinski definition) is 2. The van der Waals surface area contributed by atoms with Gasteiger partial charge in [-0.05, 0) is 18.1 Å². The Morgan fingerprint density at radius 1 is 1.22 bits per heavy atom. The highest BCUT2D eigenvalue weighted by molar-refractivity contribution is 14.0. The van der Waals surface area contributed by atoms with Crippen LogP contribution >= 0.6 is 24.0 Å². The second kappa shape index (κ2) is 8.52. The first kappa shape index (κ1) is 19.7. The summed E-state index contributed by atoms with van der Waals surface area (Å²) < 4.78 is 0. The molecule has 0 spiro atoms. The molecule has 2 N–H and O–H groups in total. The van der Waals surface area contributed by atoms with Crippen LogP contribution in [0.1, 0.15) is 26.3 Å². The fourth-order valence-electron chi connectivity index (χ4n) is 2.47. The highest BCUT2D eigenvalue weighted by Gasteiger charge is 2.23. The van der Waals surface area contributed by atoms with Crippen molar-refractivity contribution in [3.63, 3.8) is 0 Å². The second-order valence-corrected chi connectivity index (χ2v) is 6.51. The Balaban J connectivity index is 0.00000264. The molecule has 23 heavy (non-hydrogen) atoms. The van der Waals surface area contributed by atoms with E-state index < -0.39 is 0 Å². The molecule has 5 nitrogen and oxygen atoms in total. The zero-order valence-electron chi connectivity index (χ0n) is 14.3. The Morgan fingerprint density at radius 3 is 2.52 bits per heavy atom. The van der Waals surface area contributed by atoms with Gasteiger partial charge in [0, 0.05) is 37.8 Å². The van der Waals surface area contributed by atoms with Gasteiger partial charge in [-0.3, -0.25) is 9.79 Å². The van der Waals surface area contributed by atoms with Crippen molar-refractivity contribution in [3.05, 3.63) is 29.8 Å². The molecule has 0 bridgehead atoms. The Labute approximate surface area is 156 Å². The van der Waals surface area contributed by atoms with Gasteiger partial charge in [-0.15, -0.1) is 24.0 Å². The number of nitrogens with zero attached hydrogens (tertiary/aromatic N) is 2. The molecule has 0 atom stereocenters. The minimum atomic E-state index is -0.352. The van der Waals surface area contributed by atoms with Crippen LogP contribution in [0, 0.1) is 5.41 Å². The lowest BCUT2D eigenvalue weighted by Crippen LogP contribution is -2.45. The van der Waals surface area contributed by atoms with Gasteiger partial charge in [0.05, 0.1) is 0 Å². The quantitative estimate of drug-likeness (QED) is 0.335. The summed E-state index contributed by atoms with van der Waals surface area (Å²) in [6.45, 7) is 7.92. The summed E-state index contributed by atoms with van der Waals surface area (Å²) in [7, 11) is 1.79. The van der Waals surface area contributed by atoms with Crippen LogP contribution in [0.15, 0.2) is 29.3 Å². The Kier molecular flexibility index (Phi) is 7.31. The lowest BCUT2D eigenvalue weighted by molar-refractivity contribution is -0.128. The van der Waals surface area contributed by atoms with E-state index >= 15 is 0 Å². The molecule has 0 saturated carbocycles. The molecule has 1 aromatic rings. The molecule has 6 heteroatoms. The number of carbonyl (C=O) groups is 1. The third-order valence-electron chi connectivity index (χ3n) is 3.73. The van der Waals surface area contributed by atoms with Crippen molar-refractivity contribution < 1.29 is 4.79 Å². The molecule has 128 valence electrons. The van der Waals surface area contributed by atoms with Crippen molar-refractivity contribution >= 4 is 41.5 Å². The van der Waals surface area contributed by atoms with Crippen molar-refractivity contribution in [2.24, 2.45) is 10.4 Å². The monoisotopic (exact) mass is 430 g/mol. The number of para-hydroxylation sites is 1. The lowest BCUT2D eigenvalue weighted by Gasteiger charge is -2.23. The van der Waals surface area contributed by atoms with Gasteiger partial charge in [0.2, 0.25) is 5.91 Å². The van der Waals surface area contributed by atoms with E-state index in [9.17, 15) is 4.79 Å². The SMILES string of the molecule is CN=C(NCCNC(=O)C(C)(C)C)N1CCc2ccccc21.I. The minimum absolute atomic E-state index is 0. The van der Waals surface area contributed by atoms with Crippen LogP contribution in [0.25, 0.3) is 0 Å². The van der Waals surface area contributed by atoms with Gasteiger partial charge < -0.3 is 15.5 Å². The van der Waals surface area contributed by atoms with Crippen molar-refractivity contribution in [1.82, 2.24) is 10.6 Å². The van der Waals surface area contributed by atoms with E-state index in [1.165, 1.54) is 11.3 Å². The fraction of sp³-hybridized carbons (Fsp3) is 0.529. The highest BCUT2D eigenvalue weighted by atomic mass is 127. The molecule has 0 fully saturated rings. The third-order valence-corrected chi connectivity index (χ3v) is 3.73. The molecule has 1 heterocycles. The average Bonchev–Trinajstić information content (AvgIpc) is 2.90. The molecule has 1 amide bonds. The first-order chi connectivity index (χ1) is 10.4. The average molecular weight is 430 g/mol. The van der Waals surface area contributed by atoms with Crippen molar-refractivity contribution in [1.29, 1.82) is 0 Å². The van der Waals surface area contributed by atoms with E-state index in [0.29, 0.717) is 13.1 Å². The van der Waals surface area contributed by atoms with E-state index in [0.717, 1.165) is 18.9 Å². The lowest BCUT2D eigenvalue weighted by atomic mass is 9.96.